The Morgan fingerprint density at radius 1 is 1.53 bits per heavy atom. The molecule has 0 aliphatic heterocycles. The van der Waals surface area contributed by atoms with E-state index in [1.165, 1.54) is 17.1 Å². The van der Waals surface area contributed by atoms with Gasteiger partial charge in [-0.25, -0.2) is 9.97 Å². The van der Waals surface area contributed by atoms with E-state index in [0.29, 0.717) is 5.56 Å². The monoisotopic (exact) mass is 254 g/mol. The van der Waals surface area contributed by atoms with Crippen LogP contribution in [0.15, 0.2) is 18.6 Å². The molecule has 0 radical (unpaired) electrons. The molecule has 17 heavy (non-hydrogen) atoms. The quantitative estimate of drug-likeness (QED) is 0.494. The minimum atomic E-state index is -0.523. The maximum absolute atomic E-state index is 10.5. The van der Waals surface area contributed by atoms with E-state index < -0.39 is 4.92 Å². The summed E-state index contributed by atoms with van der Waals surface area (Å²) in [5.74, 6) is 0.225. The highest BCUT2D eigenvalue weighted by atomic mass is 35.5. The predicted octanol–water partition coefficient (Wildman–Crippen LogP) is 0.865. The van der Waals surface area contributed by atoms with E-state index in [1.807, 2.05) is 0 Å². The van der Waals surface area contributed by atoms with E-state index >= 15 is 0 Å². The average molecular weight is 255 g/mol. The third-order valence-corrected chi connectivity index (χ3v) is 2.21. The standard InChI is InChI=1S/C8H7ClN6O2/c9-8-11-1-5(7(10)13-8)3-14-4-6(2-12-14)15(16)17/h1-2,4H,3H2,(H2,10,11,13). The van der Waals surface area contributed by atoms with Crippen molar-refractivity contribution in [3.8, 4) is 0 Å². The fourth-order valence-corrected chi connectivity index (χ4v) is 1.37. The lowest BCUT2D eigenvalue weighted by molar-refractivity contribution is -0.385. The van der Waals surface area contributed by atoms with E-state index in [2.05, 4.69) is 15.1 Å². The number of hydrogen-bond donors (Lipinski definition) is 1. The van der Waals surface area contributed by atoms with E-state index in [4.69, 9.17) is 17.3 Å². The third-order valence-electron chi connectivity index (χ3n) is 2.03. The molecule has 0 bridgehead atoms. The molecular formula is C8H7ClN6O2. The number of nitrogens with zero attached hydrogens (tertiary/aromatic N) is 5. The van der Waals surface area contributed by atoms with Gasteiger partial charge < -0.3 is 5.73 Å². The SMILES string of the molecule is Nc1nc(Cl)ncc1Cn1cc([N+](=O)[O-])cn1. The van der Waals surface area contributed by atoms with Crippen molar-refractivity contribution in [3.63, 3.8) is 0 Å². The zero-order chi connectivity index (χ0) is 12.4. The smallest absolute Gasteiger partial charge is 0.307 e. The van der Waals surface area contributed by atoms with Crippen molar-refractivity contribution in [3.05, 3.63) is 39.6 Å². The van der Waals surface area contributed by atoms with Crippen LogP contribution in [-0.4, -0.2) is 24.7 Å². The van der Waals surface area contributed by atoms with Crippen molar-refractivity contribution in [1.82, 2.24) is 19.7 Å². The molecule has 8 nitrogen and oxygen atoms in total. The number of aromatic nitrogens is 4. The highest BCUT2D eigenvalue weighted by Gasteiger charge is 2.10. The summed E-state index contributed by atoms with van der Waals surface area (Å²) >= 11 is 5.55. The number of anilines is 1. The zero-order valence-corrected chi connectivity index (χ0v) is 9.20. The molecule has 88 valence electrons. The lowest BCUT2D eigenvalue weighted by Crippen LogP contribution is -2.06. The van der Waals surface area contributed by atoms with Crippen LogP contribution in [0.2, 0.25) is 5.28 Å². The van der Waals surface area contributed by atoms with Crippen molar-refractivity contribution in [2.75, 3.05) is 5.73 Å². The van der Waals surface area contributed by atoms with Gasteiger partial charge in [0.2, 0.25) is 5.28 Å². The molecule has 0 amide bonds. The molecule has 0 unspecified atom stereocenters. The Morgan fingerprint density at radius 2 is 2.29 bits per heavy atom. The van der Waals surface area contributed by atoms with Crippen molar-refractivity contribution >= 4 is 23.1 Å². The van der Waals surface area contributed by atoms with Crippen LogP contribution in [0.25, 0.3) is 0 Å². The molecule has 2 rings (SSSR count). The van der Waals surface area contributed by atoms with Crippen LogP contribution >= 0.6 is 11.6 Å². The second-order valence-electron chi connectivity index (χ2n) is 3.20. The van der Waals surface area contributed by atoms with Gasteiger partial charge in [-0.1, -0.05) is 0 Å². The minimum Gasteiger partial charge on any atom is -0.383 e. The molecule has 2 aromatic rings. The van der Waals surface area contributed by atoms with Gasteiger partial charge in [0.15, 0.2) is 0 Å². The molecule has 0 aromatic carbocycles. The predicted molar refractivity (Wildman–Crippen MR) is 59.4 cm³/mol. The fourth-order valence-electron chi connectivity index (χ4n) is 1.23. The Balaban J connectivity index is 2.22. The number of nitrogens with two attached hydrogens (primary N) is 1. The molecule has 2 N–H and O–H groups in total. The Morgan fingerprint density at radius 3 is 2.88 bits per heavy atom. The first-order chi connectivity index (χ1) is 8.06. The molecule has 0 saturated carbocycles. The van der Waals surface area contributed by atoms with Crippen LogP contribution in [0.5, 0.6) is 0 Å². The van der Waals surface area contributed by atoms with Crippen LogP contribution in [0, 0.1) is 10.1 Å². The molecule has 2 aromatic heterocycles. The minimum absolute atomic E-state index is 0.0534. The Hall–Kier alpha value is -2.22. The van der Waals surface area contributed by atoms with Crippen LogP contribution in [0.4, 0.5) is 11.5 Å². The first-order valence-corrected chi connectivity index (χ1v) is 4.88. The number of nitro groups is 1. The van der Waals surface area contributed by atoms with Crippen molar-refractivity contribution < 1.29 is 4.92 Å². The molecule has 0 saturated heterocycles. The summed E-state index contributed by atoms with van der Waals surface area (Å²) in [5, 5.41) is 14.3. The van der Waals surface area contributed by atoms with Crippen LogP contribution < -0.4 is 5.73 Å². The van der Waals surface area contributed by atoms with Gasteiger partial charge >= 0.3 is 5.69 Å². The topological polar surface area (TPSA) is 113 Å². The highest BCUT2D eigenvalue weighted by molar-refractivity contribution is 6.28. The largest absolute Gasteiger partial charge is 0.383 e. The third kappa shape index (κ3) is 2.48. The first kappa shape index (κ1) is 11.3. The van der Waals surface area contributed by atoms with Crippen molar-refractivity contribution in [2.24, 2.45) is 0 Å². The summed E-state index contributed by atoms with van der Waals surface area (Å²) in [7, 11) is 0. The second kappa shape index (κ2) is 4.34. The molecule has 0 aliphatic carbocycles. The molecule has 0 fully saturated rings. The summed E-state index contributed by atoms with van der Waals surface area (Å²) in [4.78, 5) is 17.5. The first-order valence-electron chi connectivity index (χ1n) is 4.50. The summed E-state index contributed by atoms with van der Waals surface area (Å²) in [5.41, 5.74) is 6.13. The second-order valence-corrected chi connectivity index (χ2v) is 3.54. The van der Waals surface area contributed by atoms with E-state index in [-0.39, 0.29) is 23.3 Å². The molecule has 0 spiro atoms. The van der Waals surface area contributed by atoms with Gasteiger partial charge in [-0.2, -0.15) is 5.10 Å². The summed E-state index contributed by atoms with van der Waals surface area (Å²) in [6, 6.07) is 0. The van der Waals surface area contributed by atoms with Crippen molar-refractivity contribution in [1.29, 1.82) is 0 Å². The summed E-state index contributed by atoms with van der Waals surface area (Å²) in [6.07, 6.45) is 3.92. The molecule has 2 heterocycles. The normalized spacial score (nSPS) is 10.4. The average Bonchev–Trinajstić information content (AvgIpc) is 2.71. The highest BCUT2D eigenvalue weighted by Crippen LogP contribution is 2.14. The van der Waals surface area contributed by atoms with Crippen LogP contribution in [0.3, 0.4) is 0 Å². The molecular weight excluding hydrogens is 248 g/mol. The Kier molecular flexibility index (Phi) is 2.88. The van der Waals surface area contributed by atoms with Crippen molar-refractivity contribution in [2.45, 2.75) is 6.54 Å². The van der Waals surface area contributed by atoms with Crippen LogP contribution in [-0.2, 0) is 6.54 Å². The van der Waals surface area contributed by atoms with Gasteiger partial charge in [0, 0.05) is 11.8 Å². The number of halogens is 1. The maximum atomic E-state index is 10.5. The molecule has 0 aliphatic rings. The Bertz CT molecular complexity index is 569. The lowest BCUT2D eigenvalue weighted by atomic mass is 10.3. The maximum Gasteiger partial charge on any atom is 0.307 e. The summed E-state index contributed by atoms with van der Waals surface area (Å²) in [6.45, 7) is 0.247. The lowest BCUT2D eigenvalue weighted by Gasteiger charge is -2.03. The van der Waals surface area contributed by atoms with Gasteiger partial charge in [0.05, 0.1) is 11.5 Å². The number of hydrogen-bond acceptors (Lipinski definition) is 6. The fraction of sp³-hybridized carbons (Fsp3) is 0.125. The molecule has 0 atom stereocenters. The number of nitrogen functional groups attached to an aromatic ring is 1. The zero-order valence-electron chi connectivity index (χ0n) is 8.45. The summed E-state index contributed by atoms with van der Waals surface area (Å²) < 4.78 is 1.38. The molecule has 9 heteroatoms. The van der Waals surface area contributed by atoms with Gasteiger partial charge in [-0.05, 0) is 11.6 Å². The number of rotatable bonds is 3. The van der Waals surface area contributed by atoms with E-state index in [9.17, 15) is 10.1 Å². The van der Waals surface area contributed by atoms with E-state index in [1.54, 1.807) is 0 Å². The van der Waals surface area contributed by atoms with Gasteiger partial charge in [-0.3, -0.25) is 14.8 Å². The van der Waals surface area contributed by atoms with Crippen LogP contribution in [0.1, 0.15) is 5.56 Å². The Labute approximate surface area is 100 Å². The van der Waals surface area contributed by atoms with Gasteiger partial charge in [0.1, 0.15) is 18.2 Å². The van der Waals surface area contributed by atoms with Gasteiger partial charge in [0.25, 0.3) is 0 Å². The van der Waals surface area contributed by atoms with E-state index in [0.717, 1.165) is 6.20 Å². The van der Waals surface area contributed by atoms with Gasteiger partial charge in [-0.15, -0.1) is 0 Å².